The summed E-state index contributed by atoms with van der Waals surface area (Å²) in [6, 6.07) is 9.83. The number of nitriles is 1. The van der Waals surface area contributed by atoms with Gasteiger partial charge in [-0.25, -0.2) is 4.39 Å². The fourth-order valence-corrected chi connectivity index (χ4v) is 1.75. The van der Waals surface area contributed by atoms with Crippen molar-refractivity contribution in [3.8, 4) is 11.8 Å². The molecule has 0 N–H and O–H groups in total. The molecule has 0 amide bonds. The van der Waals surface area contributed by atoms with Crippen LogP contribution in [0.3, 0.4) is 0 Å². The Morgan fingerprint density at radius 1 is 1.05 bits per heavy atom. The van der Waals surface area contributed by atoms with Crippen LogP contribution in [0, 0.1) is 17.1 Å². The summed E-state index contributed by atoms with van der Waals surface area (Å²) in [5.41, 5.74) is -0.126. The average molecular weight is 333 g/mol. The molecule has 0 saturated heterocycles. The molecule has 0 spiro atoms. The standard InChI is InChI=1S/C14H9BF4NO.K/c16-13-6-10(8-20)5-11(7-13)9-21-14-3-1-12(2-4-14)15(17,18)19;/h1-7H,9H2;/q-1;+1. The molecule has 8 heteroatoms. The Bertz CT molecular complexity index is 683. The minimum absolute atomic E-state index is 0. The predicted molar refractivity (Wildman–Crippen MR) is 70.6 cm³/mol. The fraction of sp³-hybridized carbons (Fsp3) is 0.0714. The van der Waals surface area contributed by atoms with E-state index in [1.165, 1.54) is 24.3 Å². The van der Waals surface area contributed by atoms with E-state index in [0.717, 1.165) is 18.2 Å². The molecule has 0 unspecified atom stereocenters. The predicted octanol–water partition coefficient (Wildman–Crippen LogP) is 0.335. The number of benzene rings is 2. The van der Waals surface area contributed by atoms with E-state index in [9.17, 15) is 17.3 Å². The van der Waals surface area contributed by atoms with E-state index in [4.69, 9.17) is 10.00 Å². The average Bonchev–Trinajstić information content (AvgIpc) is 2.44. The van der Waals surface area contributed by atoms with Crippen molar-refractivity contribution in [3.05, 3.63) is 59.4 Å². The maximum atomic E-state index is 13.2. The summed E-state index contributed by atoms with van der Waals surface area (Å²) in [5, 5.41) is 8.72. The van der Waals surface area contributed by atoms with Crippen molar-refractivity contribution in [2.24, 2.45) is 0 Å². The fourth-order valence-electron chi connectivity index (χ4n) is 1.75. The van der Waals surface area contributed by atoms with Crippen molar-refractivity contribution in [2.75, 3.05) is 0 Å². The van der Waals surface area contributed by atoms with Gasteiger partial charge in [-0.2, -0.15) is 5.26 Å². The molecule has 0 heterocycles. The van der Waals surface area contributed by atoms with Gasteiger partial charge in [0.25, 0.3) is 0 Å². The van der Waals surface area contributed by atoms with Crippen LogP contribution in [0.15, 0.2) is 42.5 Å². The summed E-state index contributed by atoms with van der Waals surface area (Å²) in [6.45, 7) is -5.07. The van der Waals surface area contributed by atoms with Crippen molar-refractivity contribution in [3.63, 3.8) is 0 Å². The van der Waals surface area contributed by atoms with E-state index < -0.39 is 18.3 Å². The smallest absolute Gasteiger partial charge is 0.489 e. The Kier molecular flexibility index (Phi) is 7.09. The van der Waals surface area contributed by atoms with Gasteiger partial charge >= 0.3 is 58.4 Å². The number of ether oxygens (including phenoxy) is 1. The van der Waals surface area contributed by atoms with E-state index in [1.807, 2.05) is 6.07 Å². The maximum absolute atomic E-state index is 13.2. The Labute approximate surface area is 167 Å². The number of halogens is 4. The molecule has 0 atom stereocenters. The van der Waals surface area contributed by atoms with E-state index in [0.29, 0.717) is 5.56 Å². The monoisotopic (exact) mass is 333 g/mol. The van der Waals surface area contributed by atoms with E-state index >= 15 is 0 Å². The summed E-state index contributed by atoms with van der Waals surface area (Å²) >= 11 is 0. The van der Waals surface area contributed by atoms with Crippen LogP contribution in [-0.2, 0) is 6.61 Å². The molecule has 2 aromatic carbocycles. The second kappa shape index (κ2) is 8.13. The van der Waals surface area contributed by atoms with Gasteiger partial charge in [-0.05, 0) is 35.9 Å². The molecule has 2 aromatic rings. The van der Waals surface area contributed by atoms with Crippen LogP contribution < -0.4 is 61.6 Å². The SMILES string of the molecule is N#Cc1cc(F)cc(COc2ccc([B-](F)(F)F)cc2)c1.[K+]. The molecule has 0 aromatic heterocycles. The molecule has 108 valence electrons. The second-order valence-electron chi connectivity index (χ2n) is 4.39. The molecule has 0 aliphatic rings. The van der Waals surface area contributed by atoms with Gasteiger partial charge in [-0.1, -0.05) is 12.1 Å². The molecule has 0 bridgehead atoms. The van der Waals surface area contributed by atoms with E-state index in [2.05, 4.69) is 0 Å². The molecule has 2 nitrogen and oxygen atoms in total. The first-order valence-corrected chi connectivity index (χ1v) is 6.01. The molecular weight excluding hydrogens is 324 g/mol. The van der Waals surface area contributed by atoms with Crippen LogP contribution in [0.25, 0.3) is 0 Å². The zero-order chi connectivity index (χ0) is 15.5. The third-order valence-corrected chi connectivity index (χ3v) is 2.75. The molecule has 0 aliphatic heterocycles. The van der Waals surface area contributed by atoms with Gasteiger partial charge in [-0.3, -0.25) is 0 Å². The zero-order valence-corrected chi connectivity index (χ0v) is 14.8. The molecule has 2 rings (SSSR count). The normalized spacial score (nSPS) is 10.5. The van der Waals surface area contributed by atoms with Gasteiger partial charge in [0.1, 0.15) is 18.2 Å². The minimum Gasteiger partial charge on any atom is -0.489 e. The van der Waals surface area contributed by atoms with Crippen LogP contribution in [0.4, 0.5) is 17.3 Å². The van der Waals surface area contributed by atoms with Crippen LogP contribution in [-0.4, -0.2) is 6.98 Å². The first-order chi connectivity index (χ1) is 9.88. The van der Waals surface area contributed by atoms with Crippen molar-refractivity contribution in [1.82, 2.24) is 0 Å². The number of hydrogen-bond acceptors (Lipinski definition) is 2. The quantitative estimate of drug-likeness (QED) is 0.597. The molecule has 0 fully saturated rings. The van der Waals surface area contributed by atoms with Gasteiger partial charge in [0, 0.05) is 0 Å². The van der Waals surface area contributed by atoms with Gasteiger partial charge in [0.2, 0.25) is 0 Å². The second-order valence-corrected chi connectivity index (χ2v) is 4.39. The van der Waals surface area contributed by atoms with Gasteiger partial charge < -0.3 is 17.7 Å². The molecule has 0 radical (unpaired) electrons. The molecule has 22 heavy (non-hydrogen) atoms. The summed E-state index contributed by atoms with van der Waals surface area (Å²) in [4.78, 5) is 0. The Hall–Kier alpha value is -0.849. The van der Waals surface area contributed by atoms with Gasteiger partial charge in [0.15, 0.2) is 0 Å². The summed E-state index contributed by atoms with van der Waals surface area (Å²) in [6.07, 6.45) is 0. The van der Waals surface area contributed by atoms with Crippen molar-refractivity contribution >= 4 is 12.4 Å². The third-order valence-electron chi connectivity index (χ3n) is 2.75. The van der Waals surface area contributed by atoms with Crippen molar-refractivity contribution < 1.29 is 73.5 Å². The number of hydrogen-bond donors (Lipinski definition) is 0. The molecule has 0 aliphatic carbocycles. The minimum atomic E-state index is -5.03. The Balaban J connectivity index is 0.00000242. The van der Waals surface area contributed by atoms with Gasteiger partial charge in [-0.15, -0.1) is 5.46 Å². The van der Waals surface area contributed by atoms with Crippen LogP contribution >= 0.6 is 0 Å². The number of rotatable bonds is 4. The maximum Gasteiger partial charge on any atom is 1.00 e. The topological polar surface area (TPSA) is 33.0 Å². The Morgan fingerprint density at radius 2 is 1.68 bits per heavy atom. The van der Waals surface area contributed by atoms with Crippen LogP contribution in [0.5, 0.6) is 5.75 Å². The Morgan fingerprint density at radius 3 is 2.23 bits per heavy atom. The summed E-state index contributed by atoms with van der Waals surface area (Å²) in [5.74, 6) is -0.329. The largest absolute Gasteiger partial charge is 1.00 e. The van der Waals surface area contributed by atoms with E-state index in [1.54, 1.807) is 0 Å². The summed E-state index contributed by atoms with van der Waals surface area (Å²) in [7, 11) is 0. The van der Waals surface area contributed by atoms with E-state index in [-0.39, 0.29) is 69.3 Å². The molecule has 0 saturated carbocycles. The van der Waals surface area contributed by atoms with Crippen LogP contribution in [0.1, 0.15) is 11.1 Å². The van der Waals surface area contributed by atoms with Crippen LogP contribution in [0.2, 0.25) is 0 Å². The van der Waals surface area contributed by atoms with Crippen molar-refractivity contribution in [1.29, 1.82) is 5.26 Å². The van der Waals surface area contributed by atoms with Crippen molar-refractivity contribution in [2.45, 2.75) is 6.61 Å². The third kappa shape index (κ3) is 5.41. The van der Waals surface area contributed by atoms with Gasteiger partial charge in [0.05, 0.1) is 11.6 Å². The summed E-state index contributed by atoms with van der Waals surface area (Å²) < 4.78 is 55.8. The first-order valence-electron chi connectivity index (χ1n) is 6.01. The molecular formula is C14H9BF4KNO. The number of nitrogens with zero attached hydrogens (tertiary/aromatic N) is 1. The zero-order valence-electron chi connectivity index (χ0n) is 11.7. The first kappa shape index (κ1) is 19.2.